The highest BCUT2D eigenvalue weighted by Gasteiger charge is 2.14. The maximum absolute atomic E-state index is 5.69. The number of halogens is 1. The Balaban J connectivity index is 2.28. The smallest absolute Gasteiger partial charge is 0.0802 e. The van der Waals surface area contributed by atoms with Gasteiger partial charge in [0.25, 0.3) is 0 Å². The Bertz CT molecular complexity index is 505. The third kappa shape index (κ3) is 3.01. The molecule has 18 heavy (non-hydrogen) atoms. The molecular weight excluding hydrogens is 308 g/mol. The van der Waals surface area contributed by atoms with Gasteiger partial charge in [0.05, 0.1) is 9.83 Å². The molecule has 0 spiro atoms. The van der Waals surface area contributed by atoms with Crippen LogP contribution >= 0.6 is 27.3 Å². The van der Waals surface area contributed by atoms with Crippen LogP contribution in [0, 0.1) is 0 Å². The number of nitrogens with two attached hydrogens (primary N) is 1. The maximum atomic E-state index is 5.69. The fourth-order valence-corrected chi connectivity index (χ4v) is 3.41. The van der Waals surface area contributed by atoms with E-state index in [9.17, 15) is 0 Å². The van der Waals surface area contributed by atoms with E-state index >= 15 is 0 Å². The second kappa shape index (κ2) is 5.97. The zero-order valence-electron chi connectivity index (χ0n) is 10.5. The van der Waals surface area contributed by atoms with Crippen molar-refractivity contribution in [1.82, 2.24) is 5.43 Å². The molecule has 0 aliphatic carbocycles. The maximum Gasteiger partial charge on any atom is 0.0802 e. The van der Waals surface area contributed by atoms with Gasteiger partial charge in [-0.05, 0) is 45.1 Å². The Morgan fingerprint density at radius 2 is 1.67 bits per heavy atom. The molecule has 1 atom stereocenters. The van der Waals surface area contributed by atoms with Crippen molar-refractivity contribution in [3.8, 4) is 0 Å². The molecule has 3 N–H and O–H groups in total. The molecule has 1 aromatic heterocycles. The van der Waals surface area contributed by atoms with Crippen LogP contribution in [0.5, 0.6) is 0 Å². The van der Waals surface area contributed by atoms with Gasteiger partial charge < -0.3 is 0 Å². The third-order valence-corrected chi connectivity index (χ3v) is 4.67. The molecule has 4 heteroatoms. The lowest BCUT2D eigenvalue weighted by molar-refractivity contribution is 0.646. The first-order valence-corrected chi connectivity index (χ1v) is 7.54. The van der Waals surface area contributed by atoms with Gasteiger partial charge in [0.1, 0.15) is 0 Å². The molecule has 0 aliphatic heterocycles. The lowest BCUT2D eigenvalue weighted by Gasteiger charge is -2.15. The highest BCUT2D eigenvalue weighted by atomic mass is 79.9. The Labute approximate surface area is 120 Å². The lowest BCUT2D eigenvalue weighted by Crippen LogP contribution is -2.28. The zero-order valence-corrected chi connectivity index (χ0v) is 12.9. The molecule has 0 amide bonds. The molecule has 1 heterocycles. The Hall–Kier alpha value is -0.680. The molecular formula is C14H17BrN2S. The first-order valence-electron chi connectivity index (χ1n) is 5.93. The summed E-state index contributed by atoms with van der Waals surface area (Å²) in [4.78, 5) is 1.21. The lowest BCUT2D eigenvalue weighted by atomic mass is 9.99. The van der Waals surface area contributed by atoms with E-state index in [1.54, 1.807) is 11.3 Å². The summed E-state index contributed by atoms with van der Waals surface area (Å²) in [7, 11) is 0. The Morgan fingerprint density at radius 3 is 2.11 bits per heavy atom. The second-order valence-electron chi connectivity index (χ2n) is 4.56. The fourth-order valence-electron chi connectivity index (χ4n) is 1.90. The summed E-state index contributed by atoms with van der Waals surface area (Å²) in [6.45, 7) is 4.40. The molecule has 0 bridgehead atoms. The molecule has 0 saturated heterocycles. The monoisotopic (exact) mass is 324 g/mol. The van der Waals surface area contributed by atoms with E-state index in [-0.39, 0.29) is 6.04 Å². The molecule has 0 radical (unpaired) electrons. The van der Waals surface area contributed by atoms with Gasteiger partial charge in [-0.25, -0.2) is 5.43 Å². The predicted octanol–water partition coefficient (Wildman–Crippen LogP) is 4.19. The van der Waals surface area contributed by atoms with Gasteiger partial charge in [0, 0.05) is 4.88 Å². The third-order valence-electron chi connectivity index (χ3n) is 2.98. The van der Waals surface area contributed by atoms with Gasteiger partial charge in [0.2, 0.25) is 0 Å². The molecule has 2 nitrogen and oxygen atoms in total. The van der Waals surface area contributed by atoms with E-state index in [1.807, 2.05) is 6.07 Å². The van der Waals surface area contributed by atoms with Gasteiger partial charge in [-0.15, -0.1) is 11.3 Å². The summed E-state index contributed by atoms with van der Waals surface area (Å²) in [5.41, 5.74) is 5.43. The van der Waals surface area contributed by atoms with Gasteiger partial charge in [-0.3, -0.25) is 5.84 Å². The van der Waals surface area contributed by atoms with Crippen LogP contribution in [0.4, 0.5) is 0 Å². The van der Waals surface area contributed by atoms with E-state index < -0.39 is 0 Å². The van der Waals surface area contributed by atoms with Crippen molar-refractivity contribution in [2.45, 2.75) is 25.8 Å². The summed E-state index contributed by atoms with van der Waals surface area (Å²) in [6.07, 6.45) is 0. The molecule has 2 rings (SSSR count). The topological polar surface area (TPSA) is 38.0 Å². The van der Waals surface area contributed by atoms with Crippen LogP contribution in [0.2, 0.25) is 0 Å². The van der Waals surface area contributed by atoms with Crippen LogP contribution in [0.1, 0.15) is 41.8 Å². The molecule has 96 valence electrons. The number of rotatable bonds is 4. The Morgan fingerprint density at radius 1 is 1.06 bits per heavy atom. The summed E-state index contributed by atoms with van der Waals surface area (Å²) >= 11 is 5.18. The van der Waals surface area contributed by atoms with Crippen LogP contribution in [0.3, 0.4) is 0 Å². The number of hydrogen-bond acceptors (Lipinski definition) is 3. The minimum atomic E-state index is 0.0579. The highest BCUT2D eigenvalue weighted by molar-refractivity contribution is 9.11. The van der Waals surface area contributed by atoms with Crippen LogP contribution in [-0.2, 0) is 0 Å². The SMILES string of the molecule is CC(C)c1ccc(C(NN)c2ccc(Br)s2)cc1. The second-order valence-corrected chi connectivity index (χ2v) is 7.06. The van der Waals surface area contributed by atoms with Crippen LogP contribution in [0.25, 0.3) is 0 Å². The van der Waals surface area contributed by atoms with E-state index in [0.717, 1.165) is 3.79 Å². The number of thiophene rings is 1. The average Bonchev–Trinajstić information content (AvgIpc) is 2.77. The van der Waals surface area contributed by atoms with E-state index in [1.165, 1.54) is 16.0 Å². The summed E-state index contributed by atoms with van der Waals surface area (Å²) in [5, 5.41) is 0. The van der Waals surface area contributed by atoms with E-state index in [0.29, 0.717) is 5.92 Å². The molecule has 1 unspecified atom stereocenters. The van der Waals surface area contributed by atoms with E-state index in [2.05, 4.69) is 65.5 Å². The largest absolute Gasteiger partial charge is 0.271 e. The van der Waals surface area contributed by atoms with Gasteiger partial charge >= 0.3 is 0 Å². The summed E-state index contributed by atoms with van der Waals surface area (Å²) in [5.74, 6) is 6.24. The van der Waals surface area contributed by atoms with Gasteiger partial charge in [-0.1, -0.05) is 38.1 Å². The fraction of sp³-hybridized carbons (Fsp3) is 0.286. The summed E-state index contributed by atoms with van der Waals surface area (Å²) < 4.78 is 1.12. The number of nitrogens with one attached hydrogen (secondary N) is 1. The standard InChI is InChI=1S/C14H17BrN2S/c1-9(2)10-3-5-11(6-4-10)14(17-16)12-7-8-13(15)18-12/h3-9,14,17H,16H2,1-2H3. The molecule has 0 aliphatic rings. The quantitative estimate of drug-likeness (QED) is 0.653. The van der Waals surface area contributed by atoms with Crippen molar-refractivity contribution >= 4 is 27.3 Å². The van der Waals surface area contributed by atoms with E-state index in [4.69, 9.17) is 5.84 Å². The van der Waals surface area contributed by atoms with Crippen LogP contribution in [0.15, 0.2) is 40.2 Å². The minimum absolute atomic E-state index is 0.0579. The predicted molar refractivity (Wildman–Crippen MR) is 81.7 cm³/mol. The number of hydrogen-bond donors (Lipinski definition) is 2. The highest BCUT2D eigenvalue weighted by Crippen LogP contribution is 2.31. The molecule has 0 saturated carbocycles. The van der Waals surface area contributed by atoms with Crippen molar-refractivity contribution in [3.63, 3.8) is 0 Å². The van der Waals surface area contributed by atoms with Crippen LogP contribution < -0.4 is 11.3 Å². The van der Waals surface area contributed by atoms with Crippen molar-refractivity contribution in [3.05, 3.63) is 56.2 Å². The minimum Gasteiger partial charge on any atom is -0.271 e. The molecule has 0 fully saturated rings. The van der Waals surface area contributed by atoms with Crippen molar-refractivity contribution in [2.24, 2.45) is 5.84 Å². The zero-order chi connectivity index (χ0) is 13.1. The van der Waals surface area contributed by atoms with Crippen molar-refractivity contribution in [1.29, 1.82) is 0 Å². The normalized spacial score (nSPS) is 12.9. The molecule has 2 aromatic rings. The summed E-state index contributed by atoms with van der Waals surface area (Å²) in [6, 6.07) is 12.8. The molecule has 1 aromatic carbocycles. The van der Waals surface area contributed by atoms with Crippen LogP contribution in [-0.4, -0.2) is 0 Å². The van der Waals surface area contributed by atoms with Gasteiger partial charge in [0.15, 0.2) is 0 Å². The average molecular weight is 325 g/mol. The van der Waals surface area contributed by atoms with Gasteiger partial charge in [-0.2, -0.15) is 0 Å². The van der Waals surface area contributed by atoms with Crippen molar-refractivity contribution in [2.75, 3.05) is 0 Å². The first-order chi connectivity index (χ1) is 8.61. The number of hydrazine groups is 1. The Kier molecular flexibility index (Phi) is 4.56. The first kappa shape index (κ1) is 13.7. The number of benzene rings is 1. The van der Waals surface area contributed by atoms with Crippen molar-refractivity contribution < 1.29 is 0 Å².